The van der Waals surface area contributed by atoms with Crippen LogP contribution >= 0.6 is 0 Å². The molecule has 1 saturated heterocycles. The first-order valence-corrected chi connectivity index (χ1v) is 9.72. The maximum atomic E-state index is 12.5. The minimum Gasteiger partial charge on any atom is -0.337 e. The zero-order valence-electron chi connectivity index (χ0n) is 13.2. The Morgan fingerprint density at radius 3 is 2.74 bits per heavy atom. The number of rotatable bonds is 4. The Labute approximate surface area is 136 Å². The summed E-state index contributed by atoms with van der Waals surface area (Å²) in [5, 5.41) is 3.89. The van der Waals surface area contributed by atoms with Gasteiger partial charge in [-0.3, -0.25) is 9.48 Å². The van der Waals surface area contributed by atoms with Crippen LogP contribution in [0.1, 0.15) is 42.6 Å². The van der Waals surface area contributed by atoms with Gasteiger partial charge in [0, 0.05) is 32.4 Å². The lowest BCUT2D eigenvalue weighted by molar-refractivity contribution is 0.0678. The molecule has 1 aliphatic heterocycles. The fourth-order valence-corrected chi connectivity index (χ4v) is 5.54. The molecule has 23 heavy (non-hydrogen) atoms. The SMILES string of the molecule is Cn1nccc1C(=O)N1CCC2(CC(NS(=O)(=O)C3CC3)C2)C1. The van der Waals surface area contributed by atoms with Crippen molar-refractivity contribution in [2.45, 2.75) is 43.4 Å². The quantitative estimate of drug-likeness (QED) is 0.866. The summed E-state index contributed by atoms with van der Waals surface area (Å²) in [5.41, 5.74) is 0.706. The molecule has 2 saturated carbocycles. The van der Waals surface area contributed by atoms with Crippen LogP contribution in [0.25, 0.3) is 0 Å². The summed E-state index contributed by atoms with van der Waals surface area (Å²) in [6.07, 6.45) is 5.85. The van der Waals surface area contributed by atoms with Crippen LogP contribution in [0.2, 0.25) is 0 Å². The van der Waals surface area contributed by atoms with Crippen molar-refractivity contribution in [1.29, 1.82) is 0 Å². The molecule has 1 amide bonds. The van der Waals surface area contributed by atoms with Crippen molar-refractivity contribution in [3.63, 3.8) is 0 Å². The number of nitrogens with zero attached hydrogens (tertiary/aromatic N) is 3. The number of carbonyl (C=O) groups is 1. The predicted octanol–water partition coefficient (Wildman–Crippen LogP) is 0.497. The summed E-state index contributed by atoms with van der Waals surface area (Å²) >= 11 is 0. The molecule has 1 aromatic heterocycles. The fourth-order valence-electron chi connectivity index (χ4n) is 3.96. The summed E-state index contributed by atoms with van der Waals surface area (Å²) in [4.78, 5) is 14.4. The number of aryl methyl sites for hydroxylation is 1. The van der Waals surface area contributed by atoms with Crippen LogP contribution in [0.15, 0.2) is 12.3 Å². The molecule has 3 aliphatic rings. The second-order valence-electron chi connectivity index (χ2n) is 7.28. The number of hydrogen-bond acceptors (Lipinski definition) is 4. The van der Waals surface area contributed by atoms with Crippen LogP contribution in [-0.4, -0.2) is 53.4 Å². The molecule has 2 heterocycles. The van der Waals surface area contributed by atoms with Gasteiger partial charge in [0.1, 0.15) is 5.69 Å². The van der Waals surface area contributed by atoms with E-state index in [1.54, 1.807) is 24.0 Å². The van der Waals surface area contributed by atoms with Crippen molar-refractivity contribution in [1.82, 2.24) is 19.4 Å². The third kappa shape index (κ3) is 2.67. The Bertz CT molecular complexity index is 732. The van der Waals surface area contributed by atoms with Gasteiger partial charge in [0.2, 0.25) is 10.0 Å². The molecule has 0 bridgehead atoms. The van der Waals surface area contributed by atoms with Gasteiger partial charge in [-0.2, -0.15) is 5.10 Å². The number of aromatic nitrogens is 2. The molecule has 1 spiro atoms. The number of likely N-dealkylation sites (tertiary alicyclic amines) is 1. The van der Waals surface area contributed by atoms with Crippen molar-refractivity contribution in [2.75, 3.05) is 13.1 Å². The average molecular weight is 338 g/mol. The molecule has 0 aromatic carbocycles. The maximum absolute atomic E-state index is 12.5. The summed E-state index contributed by atoms with van der Waals surface area (Å²) in [7, 11) is -1.34. The Hall–Kier alpha value is -1.41. The number of amides is 1. The zero-order valence-corrected chi connectivity index (χ0v) is 14.1. The molecule has 0 atom stereocenters. The Morgan fingerprint density at radius 1 is 1.39 bits per heavy atom. The standard InChI is InChI=1S/C15H22N4O3S/c1-18-13(4-6-16-18)14(20)19-7-5-15(10-19)8-11(9-15)17-23(21,22)12-2-3-12/h4,6,11-12,17H,2-3,5,7-10H2,1H3. The van der Waals surface area contributed by atoms with E-state index in [0.29, 0.717) is 5.69 Å². The summed E-state index contributed by atoms with van der Waals surface area (Å²) in [5.74, 6) is 0.0175. The Kier molecular flexibility index (Phi) is 3.32. The van der Waals surface area contributed by atoms with Crippen molar-refractivity contribution in [3.05, 3.63) is 18.0 Å². The van der Waals surface area contributed by atoms with E-state index in [-0.39, 0.29) is 22.6 Å². The third-order valence-corrected chi connectivity index (χ3v) is 7.43. The van der Waals surface area contributed by atoms with Gasteiger partial charge < -0.3 is 4.90 Å². The van der Waals surface area contributed by atoms with Gasteiger partial charge >= 0.3 is 0 Å². The van der Waals surface area contributed by atoms with E-state index in [0.717, 1.165) is 45.2 Å². The molecule has 3 fully saturated rings. The van der Waals surface area contributed by atoms with E-state index in [4.69, 9.17) is 0 Å². The molecule has 2 aliphatic carbocycles. The van der Waals surface area contributed by atoms with Crippen molar-refractivity contribution < 1.29 is 13.2 Å². The molecule has 126 valence electrons. The van der Waals surface area contributed by atoms with Crippen LogP contribution < -0.4 is 4.72 Å². The van der Waals surface area contributed by atoms with Gasteiger partial charge in [0.25, 0.3) is 5.91 Å². The summed E-state index contributed by atoms with van der Waals surface area (Å²) < 4.78 is 28.4. The van der Waals surface area contributed by atoms with Crippen LogP contribution in [0.4, 0.5) is 0 Å². The molecular weight excluding hydrogens is 316 g/mol. The summed E-state index contributed by atoms with van der Waals surface area (Å²) in [6, 6.07) is 1.79. The number of nitrogens with one attached hydrogen (secondary N) is 1. The van der Waals surface area contributed by atoms with Crippen LogP contribution in [0.5, 0.6) is 0 Å². The van der Waals surface area contributed by atoms with E-state index in [2.05, 4.69) is 9.82 Å². The molecular formula is C15H22N4O3S. The minimum absolute atomic E-state index is 0.0175. The van der Waals surface area contributed by atoms with E-state index >= 15 is 0 Å². The number of hydrogen-bond donors (Lipinski definition) is 1. The molecule has 4 rings (SSSR count). The second-order valence-corrected chi connectivity index (χ2v) is 9.28. The molecule has 1 aromatic rings. The van der Waals surface area contributed by atoms with Gasteiger partial charge in [-0.15, -0.1) is 0 Å². The molecule has 0 unspecified atom stereocenters. The highest BCUT2D eigenvalue weighted by molar-refractivity contribution is 7.90. The Morgan fingerprint density at radius 2 is 2.13 bits per heavy atom. The van der Waals surface area contributed by atoms with Gasteiger partial charge in [-0.25, -0.2) is 13.1 Å². The van der Waals surface area contributed by atoms with E-state index in [1.165, 1.54) is 0 Å². The van der Waals surface area contributed by atoms with Crippen molar-refractivity contribution >= 4 is 15.9 Å². The molecule has 7 nitrogen and oxygen atoms in total. The molecule has 8 heteroatoms. The molecule has 0 radical (unpaired) electrons. The zero-order chi connectivity index (χ0) is 16.2. The maximum Gasteiger partial charge on any atom is 0.272 e. The van der Waals surface area contributed by atoms with Gasteiger partial charge in [0.05, 0.1) is 5.25 Å². The van der Waals surface area contributed by atoms with E-state index in [9.17, 15) is 13.2 Å². The monoisotopic (exact) mass is 338 g/mol. The van der Waals surface area contributed by atoms with Gasteiger partial charge in [0.15, 0.2) is 0 Å². The van der Waals surface area contributed by atoms with Crippen molar-refractivity contribution in [3.8, 4) is 0 Å². The largest absolute Gasteiger partial charge is 0.337 e. The highest BCUT2D eigenvalue weighted by atomic mass is 32.2. The predicted molar refractivity (Wildman–Crippen MR) is 84.3 cm³/mol. The minimum atomic E-state index is -3.11. The smallest absolute Gasteiger partial charge is 0.272 e. The van der Waals surface area contributed by atoms with E-state index < -0.39 is 10.0 Å². The van der Waals surface area contributed by atoms with Gasteiger partial charge in [-0.1, -0.05) is 0 Å². The Balaban J connectivity index is 1.35. The van der Waals surface area contributed by atoms with E-state index in [1.807, 2.05) is 4.90 Å². The molecule has 1 N–H and O–H groups in total. The van der Waals surface area contributed by atoms with Crippen LogP contribution in [0, 0.1) is 5.41 Å². The van der Waals surface area contributed by atoms with Gasteiger partial charge in [-0.05, 0) is 43.6 Å². The first kappa shape index (κ1) is 15.1. The lowest BCUT2D eigenvalue weighted by Gasteiger charge is -2.45. The highest BCUT2D eigenvalue weighted by Crippen LogP contribution is 2.49. The third-order valence-electron chi connectivity index (χ3n) is 5.42. The highest BCUT2D eigenvalue weighted by Gasteiger charge is 2.51. The first-order valence-electron chi connectivity index (χ1n) is 8.17. The first-order chi connectivity index (χ1) is 10.9. The number of sulfonamides is 1. The summed E-state index contributed by atoms with van der Waals surface area (Å²) in [6.45, 7) is 1.46. The fraction of sp³-hybridized carbons (Fsp3) is 0.733. The lowest BCUT2D eigenvalue weighted by Crippen LogP contribution is -2.52. The number of carbonyl (C=O) groups excluding carboxylic acids is 1. The second kappa shape index (κ2) is 5.04. The normalized spacial score (nSPS) is 30.7. The lowest BCUT2D eigenvalue weighted by atomic mass is 9.65. The van der Waals surface area contributed by atoms with Crippen LogP contribution in [-0.2, 0) is 17.1 Å². The van der Waals surface area contributed by atoms with Crippen LogP contribution in [0.3, 0.4) is 0 Å². The topological polar surface area (TPSA) is 84.3 Å². The van der Waals surface area contributed by atoms with Crippen molar-refractivity contribution in [2.24, 2.45) is 12.5 Å². The average Bonchev–Trinajstić information content (AvgIpc) is 3.11.